The van der Waals surface area contributed by atoms with Crippen LogP contribution in [-0.4, -0.2) is 15.9 Å². The van der Waals surface area contributed by atoms with Crippen molar-refractivity contribution < 1.29 is 4.79 Å². The van der Waals surface area contributed by atoms with Gasteiger partial charge in [-0.2, -0.15) is 0 Å². The summed E-state index contributed by atoms with van der Waals surface area (Å²) in [6.07, 6.45) is 2.33. The monoisotopic (exact) mass is 244 g/mol. The van der Waals surface area contributed by atoms with Crippen LogP contribution in [0.3, 0.4) is 0 Å². The van der Waals surface area contributed by atoms with Gasteiger partial charge in [0.15, 0.2) is 0 Å². The van der Waals surface area contributed by atoms with Crippen molar-refractivity contribution in [3.05, 3.63) is 58.3 Å². The average Bonchev–Trinajstić information content (AvgIpc) is 2.40. The van der Waals surface area contributed by atoms with Gasteiger partial charge in [0.25, 0.3) is 11.5 Å². The van der Waals surface area contributed by atoms with E-state index in [0.717, 1.165) is 11.8 Å². The highest BCUT2D eigenvalue weighted by molar-refractivity contribution is 6.03. The van der Waals surface area contributed by atoms with Crippen LogP contribution in [0.15, 0.2) is 41.5 Å². The fourth-order valence-corrected chi connectivity index (χ4v) is 1.47. The number of aromatic nitrogens is 2. The van der Waals surface area contributed by atoms with Crippen molar-refractivity contribution in [1.82, 2.24) is 9.97 Å². The molecule has 0 aliphatic rings. The standard InChI is InChI=1S/C12H12N4O2/c13-5-8-3-1-2-4-9(8)16-12(18)10-6-15-11(17)7-14-10/h1-4,6-7H,5,13H2,(H,15,17)(H,16,18). The van der Waals surface area contributed by atoms with E-state index < -0.39 is 5.91 Å². The van der Waals surface area contributed by atoms with Crippen molar-refractivity contribution in [1.29, 1.82) is 0 Å². The van der Waals surface area contributed by atoms with Gasteiger partial charge in [0.1, 0.15) is 5.69 Å². The number of rotatable bonds is 3. The zero-order chi connectivity index (χ0) is 13.0. The van der Waals surface area contributed by atoms with E-state index in [1.165, 1.54) is 6.20 Å². The molecule has 92 valence electrons. The Hall–Kier alpha value is -2.47. The molecule has 0 atom stereocenters. The number of H-pyrrole nitrogens is 1. The van der Waals surface area contributed by atoms with Crippen molar-refractivity contribution in [3.8, 4) is 0 Å². The first kappa shape index (κ1) is 12.0. The molecule has 1 aromatic heterocycles. The van der Waals surface area contributed by atoms with Crippen LogP contribution in [-0.2, 0) is 6.54 Å². The van der Waals surface area contributed by atoms with Gasteiger partial charge in [-0.1, -0.05) is 18.2 Å². The van der Waals surface area contributed by atoms with Gasteiger partial charge in [-0.15, -0.1) is 0 Å². The van der Waals surface area contributed by atoms with Crippen LogP contribution >= 0.6 is 0 Å². The van der Waals surface area contributed by atoms with Gasteiger partial charge in [0.05, 0.1) is 6.20 Å². The van der Waals surface area contributed by atoms with Crippen molar-refractivity contribution in [2.24, 2.45) is 5.73 Å². The van der Waals surface area contributed by atoms with Crippen molar-refractivity contribution in [2.75, 3.05) is 5.32 Å². The molecule has 0 bridgehead atoms. The van der Waals surface area contributed by atoms with Gasteiger partial charge in [-0.3, -0.25) is 9.59 Å². The SMILES string of the molecule is NCc1ccccc1NC(=O)c1c[nH]c(=O)cn1. The van der Waals surface area contributed by atoms with Gasteiger partial charge in [-0.05, 0) is 11.6 Å². The Morgan fingerprint density at radius 3 is 2.83 bits per heavy atom. The van der Waals surface area contributed by atoms with Crippen LogP contribution in [0.2, 0.25) is 0 Å². The predicted molar refractivity (Wildman–Crippen MR) is 67.1 cm³/mol. The Morgan fingerprint density at radius 1 is 1.39 bits per heavy atom. The first-order valence-corrected chi connectivity index (χ1v) is 5.35. The third-order valence-corrected chi connectivity index (χ3v) is 2.39. The molecular weight excluding hydrogens is 232 g/mol. The molecular formula is C12H12N4O2. The van der Waals surface area contributed by atoms with E-state index in [1.807, 2.05) is 12.1 Å². The van der Waals surface area contributed by atoms with Gasteiger partial charge < -0.3 is 16.0 Å². The second-order valence-corrected chi connectivity index (χ2v) is 3.61. The van der Waals surface area contributed by atoms with E-state index in [9.17, 15) is 9.59 Å². The second-order valence-electron chi connectivity index (χ2n) is 3.61. The summed E-state index contributed by atoms with van der Waals surface area (Å²) in [5, 5.41) is 2.69. The summed E-state index contributed by atoms with van der Waals surface area (Å²) in [4.78, 5) is 28.8. The van der Waals surface area contributed by atoms with E-state index in [4.69, 9.17) is 5.73 Å². The minimum Gasteiger partial charge on any atom is -0.326 e. The van der Waals surface area contributed by atoms with E-state index in [0.29, 0.717) is 12.2 Å². The molecule has 0 aliphatic carbocycles. The minimum absolute atomic E-state index is 0.140. The van der Waals surface area contributed by atoms with Crippen LogP contribution in [0.4, 0.5) is 5.69 Å². The molecule has 18 heavy (non-hydrogen) atoms. The molecule has 1 aromatic carbocycles. The number of para-hydroxylation sites is 1. The third kappa shape index (κ3) is 2.61. The number of anilines is 1. The fraction of sp³-hybridized carbons (Fsp3) is 0.0833. The Kier molecular flexibility index (Phi) is 3.49. The molecule has 2 rings (SSSR count). The van der Waals surface area contributed by atoms with Gasteiger partial charge >= 0.3 is 0 Å². The highest BCUT2D eigenvalue weighted by Gasteiger charge is 2.09. The fourth-order valence-electron chi connectivity index (χ4n) is 1.47. The maximum absolute atomic E-state index is 11.9. The van der Waals surface area contributed by atoms with Crippen molar-refractivity contribution in [2.45, 2.75) is 6.54 Å². The van der Waals surface area contributed by atoms with Crippen LogP contribution in [0.1, 0.15) is 16.1 Å². The normalized spacial score (nSPS) is 10.1. The van der Waals surface area contributed by atoms with Crippen LogP contribution in [0.5, 0.6) is 0 Å². The smallest absolute Gasteiger partial charge is 0.275 e. The van der Waals surface area contributed by atoms with Gasteiger partial charge in [0, 0.05) is 18.4 Å². The first-order valence-electron chi connectivity index (χ1n) is 5.35. The molecule has 0 saturated carbocycles. The number of amides is 1. The molecule has 6 nitrogen and oxygen atoms in total. The predicted octanol–water partition coefficient (Wildman–Crippen LogP) is 0.481. The zero-order valence-corrected chi connectivity index (χ0v) is 9.51. The van der Waals surface area contributed by atoms with E-state index in [2.05, 4.69) is 15.3 Å². The quantitative estimate of drug-likeness (QED) is 0.731. The van der Waals surface area contributed by atoms with E-state index in [-0.39, 0.29) is 11.3 Å². The zero-order valence-electron chi connectivity index (χ0n) is 9.51. The van der Waals surface area contributed by atoms with Crippen LogP contribution in [0, 0.1) is 0 Å². The number of hydrogen-bond acceptors (Lipinski definition) is 4. The summed E-state index contributed by atoms with van der Waals surface area (Å²) in [5.74, 6) is -0.396. The summed E-state index contributed by atoms with van der Waals surface area (Å²) in [6, 6.07) is 7.23. The Balaban J connectivity index is 2.21. The number of carbonyl (C=O) groups is 1. The number of benzene rings is 1. The Morgan fingerprint density at radius 2 is 2.17 bits per heavy atom. The summed E-state index contributed by atoms with van der Waals surface area (Å²) < 4.78 is 0. The number of hydrogen-bond donors (Lipinski definition) is 3. The molecule has 4 N–H and O–H groups in total. The first-order chi connectivity index (χ1) is 8.70. The molecule has 0 saturated heterocycles. The lowest BCUT2D eigenvalue weighted by Gasteiger charge is -2.08. The molecule has 1 heterocycles. The number of carbonyl (C=O) groups excluding carboxylic acids is 1. The molecule has 0 radical (unpaired) electrons. The molecule has 0 unspecified atom stereocenters. The number of nitrogens with two attached hydrogens (primary N) is 1. The molecule has 0 spiro atoms. The average molecular weight is 244 g/mol. The van der Waals surface area contributed by atoms with Crippen LogP contribution < -0.4 is 16.6 Å². The molecule has 0 fully saturated rings. The highest BCUT2D eigenvalue weighted by Crippen LogP contribution is 2.14. The molecule has 1 amide bonds. The molecule has 2 aromatic rings. The summed E-state index contributed by atoms with van der Waals surface area (Å²) in [7, 11) is 0. The van der Waals surface area contributed by atoms with E-state index in [1.54, 1.807) is 12.1 Å². The maximum Gasteiger partial charge on any atom is 0.275 e. The lowest BCUT2D eigenvalue weighted by Crippen LogP contribution is -2.18. The maximum atomic E-state index is 11.9. The Labute approximate surface area is 103 Å². The van der Waals surface area contributed by atoms with Crippen molar-refractivity contribution in [3.63, 3.8) is 0 Å². The second kappa shape index (κ2) is 5.24. The topological polar surface area (TPSA) is 101 Å². The number of nitrogens with zero attached hydrogens (tertiary/aromatic N) is 1. The van der Waals surface area contributed by atoms with E-state index >= 15 is 0 Å². The number of nitrogens with one attached hydrogen (secondary N) is 2. The highest BCUT2D eigenvalue weighted by atomic mass is 16.2. The number of aromatic amines is 1. The summed E-state index contributed by atoms with van der Waals surface area (Å²) in [5.41, 5.74) is 6.82. The third-order valence-electron chi connectivity index (χ3n) is 2.39. The van der Waals surface area contributed by atoms with Gasteiger partial charge in [-0.25, -0.2) is 4.98 Å². The van der Waals surface area contributed by atoms with Crippen molar-refractivity contribution >= 4 is 11.6 Å². The summed E-state index contributed by atoms with van der Waals surface area (Å²) >= 11 is 0. The minimum atomic E-state index is -0.396. The largest absolute Gasteiger partial charge is 0.326 e. The van der Waals surface area contributed by atoms with Crippen LogP contribution in [0.25, 0.3) is 0 Å². The molecule has 6 heteroatoms. The molecule has 0 aliphatic heterocycles. The Bertz CT molecular complexity index is 601. The lowest BCUT2D eigenvalue weighted by atomic mass is 10.2. The van der Waals surface area contributed by atoms with Gasteiger partial charge in [0.2, 0.25) is 0 Å². The lowest BCUT2D eigenvalue weighted by molar-refractivity contribution is 0.102. The summed E-state index contributed by atoms with van der Waals surface area (Å²) in [6.45, 7) is 0.329.